The van der Waals surface area contributed by atoms with Gasteiger partial charge in [-0.1, -0.05) is 33.3 Å². The third-order valence-electron chi connectivity index (χ3n) is 6.76. The van der Waals surface area contributed by atoms with Crippen molar-refractivity contribution in [2.24, 2.45) is 22.7 Å². The normalized spacial score (nSPS) is 42.7. The lowest BCUT2D eigenvalue weighted by Gasteiger charge is -2.60. The molecule has 0 amide bonds. The van der Waals surface area contributed by atoms with E-state index in [0.29, 0.717) is 12.8 Å². The van der Waals surface area contributed by atoms with Gasteiger partial charge >= 0.3 is 0 Å². The molecule has 3 nitrogen and oxygen atoms in total. The van der Waals surface area contributed by atoms with Crippen LogP contribution in [0.15, 0.2) is 12.7 Å². The molecule has 3 heteroatoms. The van der Waals surface area contributed by atoms with Gasteiger partial charge in [0.1, 0.15) is 5.78 Å². The molecule has 0 heterocycles. The van der Waals surface area contributed by atoms with Gasteiger partial charge in [-0.2, -0.15) is 0 Å². The molecule has 0 aromatic rings. The highest BCUT2D eigenvalue weighted by Gasteiger charge is 2.61. The number of aliphatic hydroxyl groups is 2. The lowest BCUT2D eigenvalue weighted by atomic mass is 9.44. The van der Waals surface area contributed by atoms with Gasteiger partial charge in [0.15, 0.2) is 0 Å². The molecule has 2 N–H and O–H groups in total. The van der Waals surface area contributed by atoms with Crippen LogP contribution in [-0.2, 0) is 4.79 Å². The van der Waals surface area contributed by atoms with Gasteiger partial charge in [-0.15, -0.1) is 6.58 Å². The minimum Gasteiger partial charge on any atom is -0.389 e. The van der Waals surface area contributed by atoms with Crippen molar-refractivity contribution in [1.82, 2.24) is 0 Å². The van der Waals surface area contributed by atoms with E-state index in [1.165, 1.54) is 0 Å². The molecule has 2 rings (SSSR count). The summed E-state index contributed by atoms with van der Waals surface area (Å²) in [5.41, 5.74) is -2.13. The maximum Gasteiger partial charge on any atom is 0.139 e. The van der Waals surface area contributed by atoms with Crippen LogP contribution in [0.25, 0.3) is 0 Å². The first-order valence-electron chi connectivity index (χ1n) is 8.97. The van der Waals surface area contributed by atoms with E-state index >= 15 is 0 Å². The van der Waals surface area contributed by atoms with Gasteiger partial charge in [-0.05, 0) is 56.3 Å². The van der Waals surface area contributed by atoms with Crippen LogP contribution in [0.5, 0.6) is 0 Å². The summed E-state index contributed by atoms with van der Waals surface area (Å²) in [6.07, 6.45) is 6.22. The predicted octanol–water partition coefficient (Wildman–Crippen LogP) is 3.88. The molecule has 0 saturated heterocycles. The summed E-state index contributed by atoms with van der Waals surface area (Å²) in [7, 11) is 0. The fraction of sp³-hybridized carbons (Fsp3) is 0.850. The maximum absolute atomic E-state index is 12.8. The Morgan fingerprint density at radius 3 is 2.48 bits per heavy atom. The highest BCUT2D eigenvalue weighted by Crippen LogP contribution is 2.61. The van der Waals surface area contributed by atoms with E-state index in [4.69, 9.17) is 0 Å². The van der Waals surface area contributed by atoms with E-state index in [9.17, 15) is 15.0 Å². The van der Waals surface area contributed by atoms with Crippen molar-refractivity contribution in [3.05, 3.63) is 12.7 Å². The molecule has 0 radical (unpaired) electrons. The average molecular weight is 322 g/mol. The number of ketones is 1. The minimum atomic E-state index is -0.993. The van der Waals surface area contributed by atoms with Gasteiger partial charge in [0, 0.05) is 12.3 Å². The van der Waals surface area contributed by atoms with Crippen LogP contribution in [0.1, 0.15) is 73.1 Å². The lowest BCUT2D eigenvalue weighted by molar-refractivity contribution is -0.181. The Labute approximate surface area is 141 Å². The first-order chi connectivity index (χ1) is 10.4. The maximum atomic E-state index is 12.8. The Kier molecular flexibility index (Phi) is 4.63. The fourth-order valence-corrected chi connectivity index (χ4v) is 5.75. The van der Waals surface area contributed by atoms with Crippen LogP contribution in [0.4, 0.5) is 0 Å². The summed E-state index contributed by atoms with van der Waals surface area (Å²) in [6, 6.07) is 0. The third-order valence-corrected chi connectivity index (χ3v) is 6.76. The molecule has 0 aromatic heterocycles. The number of fused-ring (bicyclic) bond motifs is 1. The van der Waals surface area contributed by atoms with Crippen molar-refractivity contribution in [3.8, 4) is 0 Å². The van der Waals surface area contributed by atoms with Crippen LogP contribution in [-0.4, -0.2) is 27.2 Å². The third kappa shape index (κ3) is 3.28. The van der Waals surface area contributed by atoms with Gasteiger partial charge in [0.25, 0.3) is 0 Å². The van der Waals surface area contributed by atoms with Crippen LogP contribution >= 0.6 is 0 Å². The standard InChI is InChI=1S/C20H34O3/c1-7-18(4,22)12-9-15-19(5)11-8-10-17(2,3)16(19)14(21)13-20(15,6)23/h7,15-16,22-23H,1,8-13H2,2-6H3/t15-,16+,18?,19-,20-/m1/s1. The molecule has 5 atom stereocenters. The van der Waals surface area contributed by atoms with Crippen molar-refractivity contribution in [2.45, 2.75) is 84.3 Å². The Balaban J connectivity index is 2.37. The zero-order chi connectivity index (χ0) is 17.7. The minimum absolute atomic E-state index is 0.00246. The Bertz CT molecular complexity index is 489. The van der Waals surface area contributed by atoms with Gasteiger partial charge in [-0.3, -0.25) is 4.79 Å². The second-order valence-corrected chi connectivity index (χ2v) is 9.43. The van der Waals surface area contributed by atoms with Gasteiger partial charge in [0.2, 0.25) is 0 Å². The van der Waals surface area contributed by atoms with Crippen LogP contribution in [0.2, 0.25) is 0 Å². The Hall–Kier alpha value is -0.670. The smallest absolute Gasteiger partial charge is 0.139 e. The molecule has 2 aliphatic rings. The van der Waals surface area contributed by atoms with Gasteiger partial charge < -0.3 is 10.2 Å². The van der Waals surface area contributed by atoms with E-state index in [1.54, 1.807) is 19.9 Å². The van der Waals surface area contributed by atoms with Crippen molar-refractivity contribution in [1.29, 1.82) is 0 Å². The zero-order valence-corrected chi connectivity index (χ0v) is 15.5. The number of hydrogen-bond donors (Lipinski definition) is 2. The van der Waals surface area contributed by atoms with E-state index in [2.05, 4.69) is 27.4 Å². The lowest BCUT2D eigenvalue weighted by Crippen LogP contribution is -2.61. The van der Waals surface area contributed by atoms with Gasteiger partial charge in [0.05, 0.1) is 11.2 Å². The number of hydrogen-bond acceptors (Lipinski definition) is 3. The van der Waals surface area contributed by atoms with Crippen molar-refractivity contribution in [2.75, 3.05) is 0 Å². The summed E-state index contributed by atoms with van der Waals surface area (Å²) in [6.45, 7) is 13.9. The Morgan fingerprint density at radius 1 is 1.30 bits per heavy atom. The Morgan fingerprint density at radius 2 is 1.91 bits per heavy atom. The highest BCUT2D eigenvalue weighted by atomic mass is 16.3. The molecule has 132 valence electrons. The van der Waals surface area contributed by atoms with Crippen LogP contribution < -0.4 is 0 Å². The predicted molar refractivity (Wildman–Crippen MR) is 93.0 cm³/mol. The summed E-state index contributed by atoms with van der Waals surface area (Å²) in [5, 5.41) is 21.3. The first-order valence-corrected chi connectivity index (χ1v) is 8.97. The van der Waals surface area contributed by atoms with E-state index < -0.39 is 11.2 Å². The molecular formula is C20H34O3. The number of rotatable bonds is 4. The number of carbonyl (C=O) groups excluding carboxylic acids is 1. The molecule has 0 bridgehead atoms. The summed E-state index contributed by atoms with van der Waals surface area (Å²) >= 11 is 0. The zero-order valence-electron chi connectivity index (χ0n) is 15.5. The van der Waals surface area contributed by atoms with Crippen molar-refractivity contribution < 1.29 is 15.0 Å². The molecule has 2 saturated carbocycles. The number of Topliss-reactive ketones (excluding diaryl/α,β-unsaturated/α-hetero) is 1. The van der Waals surface area contributed by atoms with Crippen molar-refractivity contribution >= 4 is 5.78 Å². The average Bonchev–Trinajstić information content (AvgIpc) is 2.34. The molecule has 0 aromatic carbocycles. The van der Waals surface area contributed by atoms with E-state index in [-0.39, 0.29) is 34.9 Å². The van der Waals surface area contributed by atoms with Crippen LogP contribution in [0, 0.1) is 22.7 Å². The quantitative estimate of drug-likeness (QED) is 0.772. The molecule has 0 spiro atoms. The van der Waals surface area contributed by atoms with E-state index in [0.717, 1.165) is 19.3 Å². The largest absolute Gasteiger partial charge is 0.389 e. The SMILES string of the molecule is C=CC(C)(O)CC[C@@H]1[C@@]2(C)CCCC(C)(C)[C@@H]2C(=O)C[C@@]1(C)O. The highest BCUT2D eigenvalue weighted by molar-refractivity contribution is 5.85. The molecule has 0 aliphatic heterocycles. The van der Waals surface area contributed by atoms with Gasteiger partial charge in [-0.25, -0.2) is 0 Å². The fourth-order valence-electron chi connectivity index (χ4n) is 5.75. The number of carbonyl (C=O) groups is 1. The molecule has 23 heavy (non-hydrogen) atoms. The summed E-state index contributed by atoms with van der Waals surface area (Å²) in [4.78, 5) is 12.8. The monoisotopic (exact) mass is 322 g/mol. The topological polar surface area (TPSA) is 57.5 Å². The molecular weight excluding hydrogens is 288 g/mol. The summed E-state index contributed by atoms with van der Waals surface area (Å²) < 4.78 is 0. The second-order valence-electron chi connectivity index (χ2n) is 9.43. The first kappa shape index (κ1) is 18.7. The summed E-state index contributed by atoms with van der Waals surface area (Å²) in [5.74, 6) is 0.236. The van der Waals surface area contributed by atoms with E-state index in [1.807, 2.05) is 0 Å². The van der Waals surface area contributed by atoms with Crippen molar-refractivity contribution in [3.63, 3.8) is 0 Å². The second kappa shape index (κ2) is 5.70. The molecule has 2 fully saturated rings. The molecule has 1 unspecified atom stereocenters. The molecule has 2 aliphatic carbocycles. The van der Waals surface area contributed by atoms with Crippen LogP contribution in [0.3, 0.4) is 0 Å².